The molecular formula is C33H66NO3P. The lowest BCUT2D eigenvalue weighted by molar-refractivity contribution is -0.873. The van der Waals surface area contributed by atoms with E-state index in [0.717, 1.165) is 25.7 Å². The van der Waals surface area contributed by atoms with Crippen LogP contribution < -0.4 is 0 Å². The summed E-state index contributed by atoms with van der Waals surface area (Å²) in [6.07, 6.45) is 28.3. The molecule has 0 atom stereocenters. The van der Waals surface area contributed by atoms with Gasteiger partial charge in [-0.15, -0.1) is 0 Å². The molecule has 0 radical (unpaired) electrons. The minimum atomic E-state index is -1.37. The van der Waals surface area contributed by atoms with E-state index in [2.05, 4.69) is 23.3 Å². The van der Waals surface area contributed by atoms with Crippen molar-refractivity contribution >= 4 is 21.0 Å². The van der Waals surface area contributed by atoms with Gasteiger partial charge in [-0.05, 0) is 12.8 Å². The maximum atomic E-state index is 13.4. The summed E-state index contributed by atoms with van der Waals surface area (Å²) in [5, 5.41) is 0. The van der Waals surface area contributed by atoms with Crippen LogP contribution >= 0.6 is 9.47 Å². The predicted molar refractivity (Wildman–Crippen MR) is 167 cm³/mol. The Morgan fingerprint density at radius 3 is 1.03 bits per heavy atom. The van der Waals surface area contributed by atoms with Gasteiger partial charge in [0.05, 0.1) is 21.1 Å². The van der Waals surface area contributed by atoms with E-state index in [1.165, 1.54) is 116 Å². The van der Waals surface area contributed by atoms with Crippen molar-refractivity contribution in [2.45, 2.75) is 174 Å². The van der Waals surface area contributed by atoms with Crippen LogP contribution in [0.4, 0.5) is 0 Å². The quantitative estimate of drug-likeness (QED) is 0.0399. The minimum absolute atomic E-state index is 0.0513. The van der Waals surface area contributed by atoms with E-state index in [1.807, 2.05) is 21.1 Å². The number of carbonyl (C=O) groups is 2. The Hall–Kier alpha value is -0.310. The second kappa shape index (κ2) is 24.5. The fraction of sp³-hybridized carbons (Fsp3) is 0.939. The van der Waals surface area contributed by atoms with Crippen molar-refractivity contribution in [2.24, 2.45) is 0 Å². The molecule has 0 aliphatic heterocycles. The normalized spacial score (nSPS) is 12.3. The molecule has 0 unspecified atom stereocenters. The summed E-state index contributed by atoms with van der Waals surface area (Å²) in [5.74, 6) is -0.103. The van der Waals surface area contributed by atoms with Gasteiger partial charge in [0, 0.05) is 12.8 Å². The van der Waals surface area contributed by atoms with Crippen LogP contribution in [-0.2, 0) is 14.1 Å². The summed E-state index contributed by atoms with van der Waals surface area (Å²) in [5.41, 5.74) is -1.37. The molecule has 0 aliphatic rings. The highest BCUT2D eigenvalue weighted by atomic mass is 31.0. The van der Waals surface area contributed by atoms with Gasteiger partial charge in [-0.3, -0.25) is 9.59 Å². The second-order valence-electron chi connectivity index (χ2n) is 12.8. The zero-order valence-corrected chi connectivity index (χ0v) is 27.3. The second-order valence-corrected chi connectivity index (χ2v) is 13.0. The lowest BCUT2D eigenvalue weighted by atomic mass is 9.86. The first-order chi connectivity index (χ1) is 18.2. The monoisotopic (exact) mass is 555 g/mol. The molecule has 0 aromatic rings. The molecule has 0 heterocycles. The maximum Gasteiger partial charge on any atom is 0.204 e. The van der Waals surface area contributed by atoms with E-state index in [0.29, 0.717) is 23.9 Å². The molecule has 0 spiro atoms. The average Bonchev–Trinajstić information content (AvgIpc) is 2.88. The van der Waals surface area contributed by atoms with Crippen LogP contribution in [0.25, 0.3) is 0 Å². The van der Waals surface area contributed by atoms with Gasteiger partial charge < -0.3 is 18.5 Å². The van der Waals surface area contributed by atoms with E-state index in [-0.39, 0.29) is 11.6 Å². The highest BCUT2D eigenvalue weighted by Gasteiger charge is 2.46. The maximum absolute atomic E-state index is 13.4. The third-order valence-electron chi connectivity index (χ3n) is 7.79. The lowest BCUT2D eigenvalue weighted by Gasteiger charge is -2.39. The Morgan fingerprint density at radius 1 is 0.526 bits per heavy atom. The van der Waals surface area contributed by atoms with Crippen molar-refractivity contribution in [3.05, 3.63) is 0 Å². The molecule has 4 nitrogen and oxygen atoms in total. The SMILES string of the molecule is CCCCCCCCCCCCCC(=O)C(C[N+](C)(C)C)(O[PH-])C(=O)CCCCCCCCCCCCC. The number of rotatable bonds is 29. The first kappa shape index (κ1) is 37.7. The molecule has 0 aromatic heterocycles. The number of hydrogen-bond donors (Lipinski definition) is 0. The van der Waals surface area contributed by atoms with E-state index in [9.17, 15) is 9.59 Å². The molecule has 38 heavy (non-hydrogen) atoms. The van der Waals surface area contributed by atoms with Crippen LogP contribution in [0.1, 0.15) is 168 Å². The molecule has 0 saturated heterocycles. The molecular weight excluding hydrogens is 489 g/mol. The Morgan fingerprint density at radius 2 is 0.789 bits per heavy atom. The molecule has 0 aromatic carbocycles. The van der Waals surface area contributed by atoms with E-state index < -0.39 is 5.60 Å². The van der Waals surface area contributed by atoms with Gasteiger partial charge in [-0.1, -0.05) is 142 Å². The molecule has 0 rings (SSSR count). The standard InChI is InChI=1S/C33H66NO3P/c1-6-8-10-12-14-16-18-20-22-24-26-28-31(35)33(37-38,30-34(3,4)5)32(36)29-27-25-23-21-19-17-15-13-11-9-7-2/h38H,6-30H2,1-5H3. The number of hydrogen-bond acceptors (Lipinski definition) is 3. The molecule has 0 aliphatic carbocycles. The summed E-state index contributed by atoms with van der Waals surface area (Å²) in [6, 6.07) is 0. The van der Waals surface area contributed by atoms with Crippen molar-refractivity contribution in [3.63, 3.8) is 0 Å². The van der Waals surface area contributed by atoms with E-state index >= 15 is 0 Å². The Kier molecular flexibility index (Phi) is 24.3. The van der Waals surface area contributed by atoms with Crippen molar-refractivity contribution in [1.29, 1.82) is 0 Å². The lowest BCUT2D eigenvalue weighted by Crippen LogP contribution is -2.58. The Labute approximate surface area is 240 Å². The summed E-state index contributed by atoms with van der Waals surface area (Å²) in [4.78, 5) is 26.8. The summed E-state index contributed by atoms with van der Waals surface area (Å²) in [7, 11) is 9.24. The van der Waals surface area contributed by atoms with Crippen LogP contribution in [0.5, 0.6) is 0 Å². The third-order valence-corrected chi connectivity index (χ3v) is 8.14. The largest absolute Gasteiger partial charge is 0.541 e. The summed E-state index contributed by atoms with van der Waals surface area (Å²) >= 11 is 0. The highest BCUT2D eigenvalue weighted by molar-refractivity contribution is 7.10. The average molecular weight is 556 g/mol. The first-order valence-electron chi connectivity index (χ1n) is 16.4. The fourth-order valence-electron chi connectivity index (χ4n) is 5.45. The van der Waals surface area contributed by atoms with Crippen molar-refractivity contribution < 1.29 is 18.6 Å². The number of ketones is 2. The molecule has 0 fully saturated rings. The summed E-state index contributed by atoms with van der Waals surface area (Å²) in [6.45, 7) is 4.89. The van der Waals surface area contributed by atoms with Crippen molar-refractivity contribution in [1.82, 2.24) is 0 Å². The van der Waals surface area contributed by atoms with Gasteiger partial charge in [0.15, 0.2) is 11.6 Å². The number of nitrogens with zero attached hydrogens (tertiary/aromatic N) is 1. The minimum Gasteiger partial charge on any atom is -0.541 e. The van der Waals surface area contributed by atoms with Crippen LogP contribution in [0.15, 0.2) is 0 Å². The van der Waals surface area contributed by atoms with Gasteiger partial charge >= 0.3 is 0 Å². The molecule has 0 amide bonds. The van der Waals surface area contributed by atoms with Gasteiger partial charge in [0.1, 0.15) is 6.54 Å². The van der Waals surface area contributed by atoms with Gasteiger partial charge in [0.2, 0.25) is 5.60 Å². The van der Waals surface area contributed by atoms with Crippen LogP contribution in [-0.4, -0.2) is 49.3 Å². The topological polar surface area (TPSA) is 43.4 Å². The Bertz CT molecular complexity index is 535. The van der Waals surface area contributed by atoms with E-state index in [4.69, 9.17) is 4.52 Å². The molecule has 0 saturated carbocycles. The number of likely N-dealkylation sites (N-methyl/N-ethyl adjacent to an activating group) is 1. The molecule has 0 bridgehead atoms. The number of quaternary nitrogens is 1. The zero-order valence-electron chi connectivity index (χ0n) is 26.3. The van der Waals surface area contributed by atoms with Crippen molar-refractivity contribution in [2.75, 3.05) is 27.7 Å². The van der Waals surface area contributed by atoms with Gasteiger partial charge in [-0.25, -0.2) is 0 Å². The molecule has 5 heteroatoms. The number of unbranched alkanes of at least 4 members (excludes halogenated alkanes) is 20. The zero-order chi connectivity index (χ0) is 28.5. The first-order valence-corrected chi connectivity index (χ1v) is 16.9. The third kappa shape index (κ3) is 19.7. The van der Waals surface area contributed by atoms with Crippen molar-refractivity contribution in [3.8, 4) is 0 Å². The number of carbonyl (C=O) groups excluding carboxylic acids is 2. The number of Topliss-reactive ketones (excluding diaryl/α,β-unsaturated/α-hetero) is 2. The molecule has 0 N–H and O–H groups in total. The predicted octanol–water partition coefficient (Wildman–Crippen LogP) is 10.0. The van der Waals surface area contributed by atoms with Crippen LogP contribution in [0, 0.1) is 0 Å². The molecule has 226 valence electrons. The van der Waals surface area contributed by atoms with Crippen LogP contribution in [0.3, 0.4) is 0 Å². The summed E-state index contributed by atoms with van der Waals surface area (Å²) < 4.78 is 6.14. The smallest absolute Gasteiger partial charge is 0.204 e. The highest BCUT2D eigenvalue weighted by Crippen LogP contribution is 2.27. The van der Waals surface area contributed by atoms with E-state index in [1.54, 1.807) is 0 Å². The fourth-order valence-corrected chi connectivity index (χ4v) is 5.74. The van der Waals surface area contributed by atoms with Crippen LogP contribution in [0.2, 0.25) is 0 Å². The Balaban J connectivity index is 4.37. The van der Waals surface area contributed by atoms with Gasteiger partial charge in [0.25, 0.3) is 0 Å². The van der Waals surface area contributed by atoms with Gasteiger partial charge in [-0.2, -0.15) is 0 Å².